The first-order valence-corrected chi connectivity index (χ1v) is 44.9. The molecule has 0 N–H and O–H groups in total. The lowest BCUT2D eigenvalue weighted by atomic mass is 10.0. The Kier molecular flexibility index (Phi) is 66.2. The molecule has 12 nitrogen and oxygen atoms in total. The lowest BCUT2D eigenvalue weighted by Crippen LogP contribution is -2.38. The Morgan fingerprint density at radius 2 is 0.415 bits per heavy atom. The fourth-order valence-electron chi connectivity index (χ4n) is 13.1. The zero-order chi connectivity index (χ0) is 68.3. The van der Waals surface area contributed by atoms with Gasteiger partial charge in [0, 0.05) is 26.4 Å². The van der Waals surface area contributed by atoms with Crippen LogP contribution in [0.5, 0.6) is 0 Å². The molecule has 1 heterocycles. The van der Waals surface area contributed by atoms with E-state index in [-0.39, 0.29) is 37.7 Å². The van der Waals surface area contributed by atoms with Gasteiger partial charge in [-0.15, -0.1) is 0 Å². The Hall–Kier alpha value is 0.0600. The molecule has 1 aliphatic rings. The molecular formula is C80H164N2O10P2. The normalized spacial score (nSPS) is 24.6. The summed E-state index contributed by atoms with van der Waals surface area (Å²) in [7, 11) is 4.16. The van der Waals surface area contributed by atoms with Crippen molar-refractivity contribution in [3.8, 4) is 0 Å². The molecule has 0 aromatic carbocycles. The number of hydrogen-bond acceptors (Lipinski definition) is 10. The summed E-state index contributed by atoms with van der Waals surface area (Å²) in [6.45, 7) is 4.54. The second-order valence-corrected chi connectivity index (χ2v) is 35.5. The number of ether oxygens (including phenoxy) is 4. The van der Waals surface area contributed by atoms with Crippen molar-refractivity contribution < 1.29 is 55.9 Å². The largest absolute Gasteiger partial charge is 0.778 e. The van der Waals surface area contributed by atoms with Gasteiger partial charge in [0.2, 0.25) is 0 Å². The highest BCUT2D eigenvalue weighted by molar-refractivity contribution is 7.51. The summed E-state index contributed by atoms with van der Waals surface area (Å²) in [6.07, 6.45) is 79.8. The van der Waals surface area contributed by atoms with Crippen LogP contribution >= 0.6 is 15.2 Å². The second-order valence-electron chi connectivity index (χ2n) is 31.6. The predicted octanol–water partition coefficient (Wildman–Crippen LogP) is 22.8. The van der Waals surface area contributed by atoms with Crippen LogP contribution in [0.15, 0.2) is 0 Å². The standard InChI is InChI=1S/C80H164N2O10P2/c1-81(2,3)67-73-93(83,84)91-77-79-75-87-69-63-59-55-51-47-43-39-35-31-27-23-19-15-11-7-8-12-16-20-24-28-32-36-40-44-48-52-56-60-64-70-88-76-80(78-92-94(85,86)74-68-82(4,5)6)90-72-66-62-58-54-50-46-42-38-34-30-26-22-18-14-10-9-13-17-21-25-29-33-37-41-45-49-53-57-61-65-71-89-79/h79-80H,7-78H2,1-6H3/t79-,80?/m0/s1. The van der Waals surface area contributed by atoms with Crippen molar-refractivity contribution in [1.82, 2.24) is 0 Å². The van der Waals surface area contributed by atoms with Gasteiger partial charge in [0.15, 0.2) is 0 Å². The molecule has 0 bridgehead atoms. The minimum absolute atomic E-state index is 0.0361. The summed E-state index contributed by atoms with van der Waals surface area (Å²) in [5.41, 5.74) is 0. The van der Waals surface area contributed by atoms with Crippen molar-refractivity contribution >= 4 is 15.2 Å². The molecule has 564 valence electrons. The van der Waals surface area contributed by atoms with E-state index in [9.17, 15) is 18.9 Å². The average molecular weight is 1380 g/mol. The van der Waals surface area contributed by atoms with Gasteiger partial charge in [-0.05, 0) is 25.7 Å². The maximum atomic E-state index is 12.8. The van der Waals surface area contributed by atoms with E-state index in [4.69, 9.17) is 28.0 Å². The third-order valence-electron chi connectivity index (χ3n) is 19.7. The van der Waals surface area contributed by atoms with Gasteiger partial charge in [-0.25, -0.2) is 0 Å². The third-order valence-corrected chi connectivity index (χ3v) is 22.3. The smallest absolute Gasteiger partial charge is 0.140 e. The van der Waals surface area contributed by atoms with Crippen LogP contribution in [0.25, 0.3) is 0 Å². The molecule has 0 radical (unpaired) electrons. The van der Waals surface area contributed by atoms with E-state index < -0.39 is 15.2 Å². The van der Waals surface area contributed by atoms with E-state index in [0.29, 0.717) is 61.7 Å². The quantitative estimate of drug-likeness (QED) is 0.137. The van der Waals surface area contributed by atoms with E-state index in [1.807, 2.05) is 42.3 Å². The first kappa shape index (κ1) is 92.1. The molecule has 3 unspecified atom stereocenters. The molecule has 1 rings (SSSR count). The van der Waals surface area contributed by atoms with Crippen LogP contribution in [0, 0.1) is 0 Å². The van der Waals surface area contributed by atoms with Gasteiger partial charge in [0.05, 0.1) is 94.1 Å². The Balaban J connectivity index is 2.39. The highest BCUT2D eigenvalue weighted by Crippen LogP contribution is 2.38. The molecule has 1 aliphatic heterocycles. The molecule has 4 atom stereocenters. The van der Waals surface area contributed by atoms with Crippen LogP contribution in [-0.2, 0) is 37.1 Å². The molecule has 0 aliphatic carbocycles. The summed E-state index contributed by atoms with van der Waals surface area (Å²) < 4.78 is 62.3. The molecule has 14 heteroatoms. The molecule has 0 aromatic rings. The topological polar surface area (TPSA) is 136 Å². The Bertz CT molecular complexity index is 1520. The van der Waals surface area contributed by atoms with E-state index in [2.05, 4.69) is 0 Å². The molecule has 0 saturated carbocycles. The summed E-state index contributed by atoms with van der Waals surface area (Å²) in [5, 5.41) is 0. The zero-order valence-electron chi connectivity index (χ0n) is 63.9. The van der Waals surface area contributed by atoms with Crippen LogP contribution in [0.4, 0.5) is 0 Å². The highest BCUT2D eigenvalue weighted by atomic mass is 31.2. The van der Waals surface area contributed by atoms with E-state index in [1.54, 1.807) is 0 Å². The Morgan fingerprint density at radius 3 is 0.574 bits per heavy atom. The Labute approximate surface area is 586 Å². The van der Waals surface area contributed by atoms with Gasteiger partial charge in [-0.2, -0.15) is 0 Å². The molecule has 0 spiro atoms. The van der Waals surface area contributed by atoms with Gasteiger partial charge < -0.3 is 55.9 Å². The predicted molar refractivity (Wildman–Crippen MR) is 401 cm³/mol. The van der Waals surface area contributed by atoms with E-state index in [0.717, 1.165) is 38.5 Å². The number of quaternary nitrogens is 2. The van der Waals surface area contributed by atoms with E-state index in [1.165, 1.54) is 347 Å². The SMILES string of the molecule is C[N+](C)(C)CCP(=O)([O-])OCC1COCCCCCCCCCCCCCCCCCCCCCCCCCCCCCCCCOC[C@@H](COP(=O)([O-])CC[N+](C)(C)C)OCCCCCCCCCCCCCCCCCCCCCCCCCCCCCCCCO1. The number of nitrogens with zero attached hydrogens (tertiary/aromatic N) is 2. The minimum Gasteiger partial charge on any atom is -0.778 e. The van der Waals surface area contributed by atoms with Crippen molar-refractivity contribution in [3.05, 3.63) is 0 Å². The first-order chi connectivity index (χ1) is 45.6. The molecule has 0 aromatic heterocycles. The summed E-state index contributed by atoms with van der Waals surface area (Å²) in [6, 6.07) is 0. The maximum absolute atomic E-state index is 12.8. The van der Waals surface area contributed by atoms with Crippen molar-refractivity contribution in [3.63, 3.8) is 0 Å². The van der Waals surface area contributed by atoms with Crippen LogP contribution < -0.4 is 9.79 Å². The molecule has 1 fully saturated rings. The first-order valence-electron chi connectivity index (χ1n) is 41.5. The lowest BCUT2D eigenvalue weighted by Gasteiger charge is -2.30. The van der Waals surface area contributed by atoms with Gasteiger partial charge in [0.25, 0.3) is 0 Å². The number of rotatable bonds is 12. The summed E-state index contributed by atoms with van der Waals surface area (Å²) >= 11 is 0. The molecule has 94 heavy (non-hydrogen) atoms. The number of hydrogen-bond donors (Lipinski definition) is 0. The van der Waals surface area contributed by atoms with Crippen LogP contribution in [0.1, 0.15) is 385 Å². The average Bonchev–Trinajstić information content (AvgIpc) is 1.71. The molecular weight excluding hydrogens is 1210 g/mol. The third kappa shape index (κ3) is 73.3. The molecule has 1 saturated heterocycles. The van der Waals surface area contributed by atoms with Crippen molar-refractivity contribution in [2.24, 2.45) is 0 Å². The Morgan fingerprint density at radius 1 is 0.266 bits per heavy atom. The fourth-order valence-corrected chi connectivity index (χ4v) is 15.8. The van der Waals surface area contributed by atoms with Gasteiger partial charge in [-0.1, -0.05) is 360 Å². The molecule has 0 amide bonds. The van der Waals surface area contributed by atoms with E-state index >= 15 is 0 Å². The van der Waals surface area contributed by atoms with Gasteiger partial charge in [0.1, 0.15) is 27.4 Å². The maximum Gasteiger partial charge on any atom is 0.140 e. The lowest BCUT2D eigenvalue weighted by molar-refractivity contribution is -0.868. The van der Waals surface area contributed by atoms with Crippen molar-refractivity contribution in [1.29, 1.82) is 0 Å². The summed E-state index contributed by atoms with van der Waals surface area (Å²) in [4.78, 5) is 25.5. The van der Waals surface area contributed by atoms with Gasteiger partial charge in [-0.3, -0.25) is 0 Å². The summed E-state index contributed by atoms with van der Waals surface area (Å²) in [5.74, 6) is 0. The van der Waals surface area contributed by atoms with Crippen molar-refractivity contribution in [2.75, 3.05) is 121 Å². The van der Waals surface area contributed by atoms with Crippen molar-refractivity contribution in [2.45, 2.75) is 397 Å². The fraction of sp³-hybridized carbons (Fsp3) is 1.00. The minimum atomic E-state index is -3.94. The highest BCUT2D eigenvalue weighted by Gasteiger charge is 2.21. The second kappa shape index (κ2) is 67.5. The monoisotopic (exact) mass is 1380 g/mol. The van der Waals surface area contributed by atoms with Crippen LogP contribution in [-0.4, -0.2) is 142 Å². The van der Waals surface area contributed by atoms with Crippen LogP contribution in [0.3, 0.4) is 0 Å². The zero-order valence-corrected chi connectivity index (χ0v) is 65.7. The van der Waals surface area contributed by atoms with Gasteiger partial charge >= 0.3 is 0 Å². The van der Waals surface area contributed by atoms with Crippen LogP contribution in [0.2, 0.25) is 0 Å².